The number of alkyl halides is 3. The number of halogens is 3. The Balaban J connectivity index is 2.55. The third-order valence-electron chi connectivity index (χ3n) is 5.18. The van der Waals surface area contributed by atoms with Gasteiger partial charge in [-0.1, -0.05) is 31.2 Å². The third kappa shape index (κ3) is 1.84. The minimum absolute atomic E-state index is 0.00569. The summed E-state index contributed by atoms with van der Waals surface area (Å²) in [5.41, 5.74) is 1.26. The number of fused-ring (bicyclic) bond motifs is 3. The van der Waals surface area contributed by atoms with E-state index in [0.717, 1.165) is 16.7 Å². The smallest absolute Gasteiger partial charge is 0.372 e. The number of aliphatic hydroxyl groups is 1. The molecule has 2 aromatic carbocycles. The Bertz CT molecular complexity index is 805. The fourth-order valence-corrected chi connectivity index (χ4v) is 3.99. The Hall–Kier alpha value is -1.81. The van der Waals surface area contributed by atoms with Gasteiger partial charge in [-0.25, -0.2) is 0 Å². The van der Waals surface area contributed by atoms with Crippen LogP contribution in [0.15, 0.2) is 24.3 Å². The molecule has 0 spiro atoms. The van der Waals surface area contributed by atoms with Gasteiger partial charge in [0.25, 0.3) is 0 Å². The molecule has 2 aromatic rings. The van der Waals surface area contributed by atoms with Gasteiger partial charge in [-0.3, -0.25) is 0 Å². The van der Waals surface area contributed by atoms with Gasteiger partial charge in [-0.15, -0.1) is 0 Å². The van der Waals surface area contributed by atoms with Crippen molar-refractivity contribution in [2.24, 2.45) is 0 Å². The minimum Gasteiger partial charge on any atom is -0.372 e. The van der Waals surface area contributed by atoms with Crippen molar-refractivity contribution in [3.05, 3.63) is 57.6 Å². The lowest BCUT2D eigenvalue weighted by atomic mass is 9.82. The van der Waals surface area contributed by atoms with Crippen molar-refractivity contribution in [1.82, 2.24) is 0 Å². The molecule has 0 heterocycles. The second kappa shape index (κ2) is 4.84. The molecule has 1 aliphatic rings. The summed E-state index contributed by atoms with van der Waals surface area (Å²) in [5, 5.41) is 10.8. The summed E-state index contributed by atoms with van der Waals surface area (Å²) in [7, 11) is 0. The molecule has 4 heteroatoms. The first-order valence-electron chi connectivity index (χ1n) is 7.68. The lowest BCUT2D eigenvalue weighted by Gasteiger charge is -2.31. The quantitative estimate of drug-likeness (QED) is 0.788. The van der Waals surface area contributed by atoms with Crippen molar-refractivity contribution in [2.75, 3.05) is 0 Å². The number of hydrogen-bond acceptors (Lipinski definition) is 1. The fourth-order valence-electron chi connectivity index (χ4n) is 3.99. The highest BCUT2D eigenvalue weighted by molar-refractivity contribution is 5.85. The first-order valence-corrected chi connectivity index (χ1v) is 7.68. The molecule has 1 N–H and O–H groups in total. The first kappa shape index (κ1) is 16.1. The van der Waals surface area contributed by atoms with Crippen LogP contribution in [-0.4, -0.2) is 11.3 Å². The van der Waals surface area contributed by atoms with Gasteiger partial charge in [-0.2, -0.15) is 13.2 Å². The maximum atomic E-state index is 13.9. The van der Waals surface area contributed by atoms with E-state index in [2.05, 4.69) is 0 Å². The van der Waals surface area contributed by atoms with E-state index in [-0.39, 0.29) is 11.1 Å². The Labute approximate surface area is 133 Å². The molecule has 1 atom stereocenters. The molecular formula is C19H19F3O. The van der Waals surface area contributed by atoms with Crippen LogP contribution in [0, 0.1) is 20.8 Å². The lowest BCUT2D eigenvalue weighted by molar-refractivity contribution is -0.247. The van der Waals surface area contributed by atoms with E-state index < -0.39 is 11.8 Å². The third-order valence-corrected chi connectivity index (χ3v) is 5.18. The summed E-state index contributed by atoms with van der Waals surface area (Å²) >= 11 is 0. The molecule has 0 fully saturated rings. The predicted molar refractivity (Wildman–Crippen MR) is 84.5 cm³/mol. The van der Waals surface area contributed by atoms with E-state index in [0.29, 0.717) is 23.1 Å². The SMILES string of the molecule is CCc1c(C)c(C)c2c(c1C)[C@@](O)(C(F)(F)F)c1ccccc1-2. The van der Waals surface area contributed by atoms with Crippen molar-refractivity contribution in [3.63, 3.8) is 0 Å². The average molecular weight is 320 g/mol. The maximum Gasteiger partial charge on any atom is 0.425 e. The molecule has 0 radical (unpaired) electrons. The zero-order chi connectivity index (χ0) is 17.2. The van der Waals surface area contributed by atoms with Crippen molar-refractivity contribution in [1.29, 1.82) is 0 Å². The van der Waals surface area contributed by atoms with E-state index in [1.165, 1.54) is 6.07 Å². The Morgan fingerprint density at radius 1 is 1.00 bits per heavy atom. The molecule has 1 nitrogen and oxygen atoms in total. The standard InChI is InChI=1S/C19H19F3O/c1-5-13-10(2)11(3)16-14-8-6-7-9-15(14)18(23,19(20,21)22)17(16)12(13)4/h6-9,23H,5H2,1-4H3/t18-/m1/s1. The van der Waals surface area contributed by atoms with Crippen molar-refractivity contribution >= 4 is 0 Å². The zero-order valence-electron chi connectivity index (χ0n) is 13.6. The molecule has 1 aliphatic carbocycles. The Morgan fingerprint density at radius 2 is 1.61 bits per heavy atom. The molecule has 0 amide bonds. The van der Waals surface area contributed by atoms with Gasteiger partial charge in [0, 0.05) is 11.1 Å². The highest BCUT2D eigenvalue weighted by Crippen LogP contribution is 2.57. The number of benzene rings is 2. The minimum atomic E-state index is -4.77. The molecule has 0 saturated carbocycles. The van der Waals surface area contributed by atoms with Crippen molar-refractivity contribution < 1.29 is 18.3 Å². The summed E-state index contributed by atoms with van der Waals surface area (Å²) < 4.78 is 41.7. The number of rotatable bonds is 1. The predicted octanol–water partition coefficient (Wildman–Crippen LogP) is 4.95. The topological polar surface area (TPSA) is 20.2 Å². The van der Waals surface area contributed by atoms with Crippen molar-refractivity contribution in [3.8, 4) is 11.1 Å². The van der Waals surface area contributed by atoms with E-state index in [9.17, 15) is 18.3 Å². The largest absolute Gasteiger partial charge is 0.425 e. The van der Waals surface area contributed by atoms with Crippen LogP contribution < -0.4 is 0 Å². The molecule has 0 bridgehead atoms. The van der Waals surface area contributed by atoms with E-state index >= 15 is 0 Å². The van der Waals surface area contributed by atoms with Gasteiger partial charge in [0.05, 0.1) is 0 Å². The normalized spacial score (nSPS) is 19.7. The molecular weight excluding hydrogens is 301 g/mol. The lowest BCUT2D eigenvalue weighted by Crippen LogP contribution is -2.42. The van der Waals surface area contributed by atoms with Gasteiger partial charge >= 0.3 is 6.18 Å². The van der Waals surface area contributed by atoms with Crippen LogP contribution in [-0.2, 0) is 12.0 Å². The fraction of sp³-hybridized carbons (Fsp3) is 0.368. The van der Waals surface area contributed by atoms with Crippen LogP contribution in [0.1, 0.15) is 40.3 Å². The molecule has 23 heavy (non-hydrogen) atoms. The molecule has 0 unspecified atom stereocenters. The van der Waals surface area contributed by atoms with Crippen LogP contribution in [0.5, 0.6) is 0 Å². The van der Waals surface area contributed by atoms with Crippen LogP contribution in [0.4, 0.5) is 13.2 Å². The van der Waals surface area contributed by atoms with Crippen LogP contribution in [0.25, 0.3) is 11.1 Å². The summed E-state index contributed by atoms with van der Waals surface area (Å²) in [6.07, 6.45) is -4.14. The number of hydrogen-bond donors (Lipinski definition) is 1. The molecule has 0 aromatic heterocycles. The highest BCUT2D eigenvalue weighted by atomic mass is 19.4. The van der Waals surface area contributed by atoms with Crippen LogP contribution in [0.2, 0.25) is 0 Å². The van der Waals surface area contributed by atoms with Gasteiger partial charge in [0.15, 0.2) is 0 Å². The van der Waals surface area contributed by atoms with Gasteiger partial charge in [0.1, 0.15) is 0 Å². The summed E-state index contributed by atoms with van der Waals surface area (Å²) in [6.45, 7) is 7.39. The Morgan fingerprint density at radius 3 is 2.17 bits per heavy atom. The average Bonchev–Trinajstić information content (AvgIpc) is 2.77. The summed E-state index contributed by atoms with van der Waals surface area (Å²) in [6, 6.07) is 6.29. The van der Waals surface area contributed by atoms with Crippen LogP contribution in [0.3, 0.4) is 0 Å². The second-order valence-corrected chi connectivity index (χ2v) is 6.21. The van der Waals surface area contributed by atoms with Crippen molar-refractivity contribution in [2.45, 2.75) is 45.9 Å². The van der Waals surface area contributed by atoms with Gasteiger partial charge in [-0.05, 0) is 60.6 Å². The monoisotopic (exact) mass is 320 g/mol. The van der Waals surface area contributed by atoms with Crippen LogP contribution >= 0.6 is 0 Å². The first-order chi connectivity index (χ1) is 10.7. The van der Waals surface area contributed by atoms with E-state index in [1.807, 2.05) is 20.8 Å². The molecule has 0 saturated heterocycles. The summed E-state index contributed by atoms with van der Waals surface area (Å²) in [4.78, 5) is 0. The Kier molecular flexibility index (Phi) is 3.38. The zero-order valence-corrected chi connectivity index (χ0v) is 13.6. The maximum absolute atomic E-state index is 13.9. The molecule has 0 aliphatic heterocycles. The molecule has 122 valence electrons. The van der Waals surface area contributed by atoms with Gasteiger partial charge < -0.3 is 5.11 Å². The second-order valence-electron chi connectivity index (χ2n) is 6.21. The molecule has 3 rings (SSSR count). The van der Waals surface area contributed by atoms with E-state index in [1.54, 1.807) is 25.1 Å². The van der Waals surface area contributed by atoms with E-state index in [4.69, 9.17) is 0 Å². The summed E-state index contributed by atoms with van der Waals surface area (Å²) in [5.74, 6) is 0. The highest BCUT2D eigenvalue weighted by Gasteiger charge is 2.61. The van der Waals surface area contributed by atoms with Gasteiger partial charge in [0.2, 0.25) is 5.60 Å².